The molecule has 9 heteroatoms. The fourth-order valence-electron chi connectivity index (χ4n) is 3.69. The van der Waals surface area contributed by atoms with Crippen molar-refractivity contribution in [3.63, 3.8) is 0 Å². The van der Waals surface area contributed by atoms with Gasteiger partial charge in [-0.3, -0.25) is 9.59 Å². The molecular formula is C24H28BrN5O2S. The molecule has 0 saturated heterocycles. The van der Waals surface area contributed by atoms with Crippen LogP contribution in [0.15, 0.2) is 46.0 Å². The molecule has 174 valence electrons. The minimum absolute atomic E-state index is 0.0995. The van der Waals surface area contributed by atoms with Gasteiger partial charge in [0.1, 0.15) is 0 Å². The molecule has 2 aromatic carbocycles. The van der Waals surface area contributed by atoms with Gasteiger partial charge in [-0.05, 0) is 73.8 Å². The summed E-state index contributed by atoms with van der Waals surface area (Å²) in [6, 6.07) is 11.0. The minimum Gasteiger partial charge on any atom is -0.342 e. The van der Waals surface area contributed by atoms with Crippen LogP contribution in [0.3, 0.4) is 0 Å². The predicted octanol–water partition coefficient (Wildman–Crippen LogP) is 5.21. The molecule has 0 bridgehead atoms. The Morgan fingerprint density at radius 1 is 1.12 bits per heavy atom. The van der Waals surface area contributed by atoms with E-state index in [1.54, 1.807) is 6.07 Å². The Labute approximate surface area is 206 Å². The van der Waals surface area contributed by atoms with Crippen LogP contribution in [0, 0.1) is 20.8 Å². The van der Waals surface area contributed by atoms with Gasteiger partial charge in [0, 0.05) is 16.7 Å². The number of nitrogens with zero attached hydrogens (tertiary/aromatic N) is 3. The van der Waals surface area contributed by atoms with Crippen molar-refractivity contribution in [2.24, 2.45) is 0 Å². The highest BCUT2D eigenvalue weighted by molar-refractivity contribution is 9.10. The number of amides is 2. The number of thioether (sulfide) groups is 1. The number of anilines is 1. The Balaban J connectivity index is 1.66. The maximum Gasteiger partial charge on any atom is 0.253 e. The lowest BCUT2D eigenvalue weighted by atomic mass is 10.1. The van der Waals surface area contributed by atoms with Crippen molar-refractivity contribution in [3.8, 4) is 0 Å². The molecule has 1 atom stereocenters. The van der Waals surface area contributed by atoms with Crippen molar-refractivity contribution >= 4 is 45.2 Å². The zero-order valence-corrected chi connectivity index (χ0v) is 21.8. The summed E-state index contributed by atoms with van der Waals surface area (Å²) in [4.78, 5) is 25.3. The van der Waals surface area contributed by atoms with Crippen LogP contribution >= 0.6 is 27.7 Å². The van der Waals surface area contributed by atoms with E-state index in [2.05, 4.69) is 48.9 Å². The number of hydrogen-bond donors (Lipinski definition) is 2. The lowest BCUT2D eigenvalue weighted by Gasteiger charge is -2.16. The molecule has 0 radical (unpaired) electrons. The molecule has 3 rings (SSSR count). The quantitative estimate of drug-likeness (QED) is 0.391. The fraction of sp³-hybridized carbons (Fsp3) is 0.333. The fourth-order valence-corrected chi connectivity index (χ4v) is 4.97. The molecule has 0 spiro atoms. The summed E-state index contributed by atoms with van der Waals surface area (Å²) in [5, 5.41) is 15.2. The molecule has 2 N–H and O–H groups in total. The molecule has 0 saturated carbocycles. The highest BCUT2D eigenvalue weighted by Gasteiger charge is 2.21. The van der Waals surface area contributed by atoms with E-state index < -0.39 is 0 Å². The normalized spacial score (nSPS) is 11.8. The third-order valence-corrected chi connectivity index (χ3v) is 6.85. The van der Waals surface area contributed by atoms with Gasteiger partial charge in [0.05, 0.1) is 17.4 Å². The van der Waals surface area contributed by atoms with Gasteiger partial charge in [-0.1, -0.05) is 41.6 Å². The van der Waals surface area contributed by atoms with E-state index in [1.165, 1.54) is 17.3 Å². The maximum absolute atomic E-state index is 12.7. The summed E-state index contributed by atoms with van der Waals surface area (Å²) < 4.78 is 2.65. The number of hydrogen-bond acceptors (Lipinski definition) is 5. The van der Waals surface area contributed by atoms with E-state index in [1.807, 2.05) is 57.4 Å². The van der Waals surface area contributed by atoms with Gasteiger partial charge in [0.2, 0.25) is 5.91 Å². The Hall–Kier alpha value is -2.65. The van der Waals surface area contributed by atoms with Crippen molar-refractivity contribution in [2.75, 3.05) is 11.1 Å². The summed E-state index contributed by atoms with van der Waals surface area (Å²) in [5.41, 5.74) is 4.66. The molecule has 1 heterocycles. The zero-order chi connectivity index (χ0) is 24.1. The van der Waals surface area contributed by atoms with E-state index >= 15 is 0 Å². The summed E-state index contributed by atoms with van der Waals surface area (Å²) in [6.07, 6.45) is 0. The molecule has 1 aromatic heterocycles. The maximum atomic E-state index is 12.7. The van der Waals surface area contributed by atoms with Gasteiger partial charge in [0.25, 0.3) is 5.91 Å². The standard InChI is InChI=1S/C24H28BrN5O2S/c1-6-30-22(17(5)26-23(32)18-9-7-8-10-19(18)25)28-29-24(30)33-13-20(31)27-21-15(3)11-14(2)12-16(21)4/h7-12,17H,6,13H2,1-5H3,(H,26,32)(H,27,31)/t17-/m1/s1. The van der Waals surface area contributed by atoms with Crippen LogP contribution in [0.1, 0.15) is 52.8 Å². The molecular weight excluding hydrogens is 502 g/mol. The molecule has 0 aliphatic rings. The van der Waals surface area contributed by atoms with Gasteiger partial charge < -0.3 is 15.2 Å². The van der Waals surface area contributed by atoms with Crippen LogP contribution in [0.5, 0.6) is 0 Å². The average Bonchev–Trinajstić information content (AvgIpc) is 3.18. The Kier molecular flexibility index (Phi) is 8.31. The van der Waals surface area contributed by atoms with Crippen molar-refractivity contribution in [1.29, 1.82) is 0 Å². The van der Waals surface area contributed by atoms with E-state index in [-0.39, 0.29) is 23.6 Å². The smallest absolute Gasteiger partial charge is 0.253 e. The topological polar surface area (TPSA) is 88.9 Å². The van der Waals surface area contributed by atoms with Crippen LogP contribution in [-0.2, 0) is 11.3 Å². The van der Waals surface area contributed by atoms with Gasteiger partial charge in [-0.15, -0.1) is 10.2 Å². The molecule has 0 aliphatic heterocycles. The SMILES string of the molecule is CCn1c(SCC(=O)Nc2c(C)cc(C)cc2C)nnc1[C@@H](C)NC(=O)c1ccccc1Br. The zero-order valence-electron chi connectivity index (χ0n) is 19.4. The Morgan fingerprint density at radius 3 is 2.42 bits per heavy atom. The number of carbonyl (C=O) groups is 2. The van der Waals surface area contributed by atoms with Crippen molar-refractivity contribution in [3.05, 3.63) is 68.9 Å². The number of aryl methyl sites for hydroxylation is 3. The first kappa shape index (κ1) is 25.0. The summed E-state index contributed by atoms with van der Waals surface area (Å²) >= 11 is 4.74. The predicted molar refractivity (Wildman–Crippen MR) is 136 cm³/mol. The molecule has 3 aromatic rings. The monoisotopic (exact) mass is 529 g/mol. The molecule has 0 aliphatic carbocycles. The van der Waals surface area contributed by atoms with E-state index in [9.17, 15) is 9.59 Å². The second kappa shape index (κ2) is 11.0. The van der Waals surface area contributed by atoms with E-state index in [4.69, 9.17) is 0 Å². The first-order chi connectivity index (χ1) is 15.7. The number of benzene rings is 2. The van der Waals surface area contributed by atoms with Crippen LogP contribution in [0.2, 0.25) is 0 Å². The van der Waals surface area contributed by atoms with E-state index in [0.29, 0.717) is 23.1 Å². The lowest BCUT2D eigenvalue weighted by molar-refractivity contribution is -0.113. The number of nitrogens with one attached hydrogen (secondary N) is 2. The summed E-state index contributed by atoms with van der Waals surface area (Å²) in [6.45, 7) is 10.5. The second-order valence-electron chi connectivity index (χ2n) is 7.87. The van der Waals surface area contributed by atoms with Gasteiger partial charge in [-0.2, -0.15) is 0 Å². The first-order valence-electron chi connectivity index (χ1n) is 10.7. The van der Waals surface area contributed by atoms with Crippen molar-refractivity contribution in [2.45, 2.75) is 52.4 Å². The molecule has 0 fully saturated rings. The molecule has 0 unspecified atom stereocenters. The third kappa shape index (κ3) is 6.03. The van der Waals surface area contributed by atoms with Gasteiger partial charge in [0.15, 0.2) is 11.0 Å². The highest BCUT2D eigenvalue weighted by atomic mass is 79.9. The molecule has 33 heavy (non-hydrogen) atoms. The first-order valence-corrected chi connectivity index (χ1v) is 12.5. The Bertz CT molecular complexity index is 1150. The summed E-state index contributed by atoms with van der Waals surface area (Å²) in [7, 11) is 0. The van der Waals surface area contributed by atoms with Crippen LogP contribution in [-0.4, -0.2) is 32.3 Å². The highest BCUT2D eigenvalue weighted by Crippen LogP contribution is 2.24. The van der Waals surface area contributed by atoms with Gasteiger partial charge >= 0.3 is 0 Å². The number of rotatable bonds is 8. The molecule has 7 nitrogen and oxygen atoms in total. The summed E-state index contributed by atoms with van der Waals surface area (Å²) in [5.74, 6) is 0.560. The molecule has 2 amide bonds. The van der Waals surface area contributed by atoms with E-state index in [0.717, 1.165) is 21.3 Å². The number of carbonyl (C=O) groups excluding carboxylic acids is 2. The second-order valence-corrected chi connectivity index (χ2v) is 9.67. The third-order valence-electron chi connectivity index (χ3n) is 5.19. The minimum atomic E-state index is -0.349. The van der Waals surface area contributed by atoms with Crippen LogP contribution in [0.25, 0.3) is 0 Å². The van der Waals surface area contributed by atoms with Crippen LogP contribution < -0.4 is 10.6 Å². The van der Waals surface area contributed by atoms with Crippen molar-refractivity contribution in [1.82, 2.24) is 20.1 Å². The lowest BCUT2D eigenvalue weighted by Crippen LogP contribution is -2.29. The Morgan fingerprint density at radius 2 is 1.79 bits per heavy atom. The number of halogens is 1. The van der Waals surface area contributed by atoms with Crippen molar-refractivity contribution < 1.29 is 9.59 Å². The number of aromatic nitrogens is 3. The average molecular weight is 530 g/mol. The van der Waals surface area contributed by atoms with Gasteiger partial charge in [-0.25, -0.2) is 0 Å². The van der Waals surface area contributed by atoms with Crippen LogP contribution in [0.4, 0.5) is 5.69 Å². The largest absolute Gasteiger partial charge is 0.342 e.